The summed E-state index contributed by atoms with van der Waals surface area (Å²) in [5.41, 5.74) is 0.703. The van der Waals surface area contributed by atoms with Crippen LogP contribution in [0.4, 0.5) is 10.2 Å². The van der Waals surface area contributed by atoms with Crippen molar-refractivity contribution in [2.24, 2.45) is 11.8 Å². The summed E-state index contributed by atoms with van der Waals surface area (Å²) in [6, 6.07) is 1.75. The molecule has 0 saturated carbocycles. The summed E-state index contributed by atoms with van der Waals surface area (Å²) in [6.45, 7) is 9.65. The Bertz CT molecular complexity index is 398. The Morgan fingerprint density at radius 1 is 1.39 bits per heavy atom. The topological polar surface area (TPSA) is 28.2 Å². The fourth-order valence-corrected chi connectivity index (χ4v) is 2.39. The number of hydrogen-bond donors (Lipinski definition) is 1. The Hall–Kier alpha value is -1.16. The monoisotopic (exact) mass is 251 g/mol. The summed E-state index contributed by atoms with van der Waals surface area (Å²) in [5, 5.41) is 3.15. The lowest BCUT2D eigenvalue weighted by atomic mass is 10.0. The molecule has 1 aromatic heterocycles. The predicted octanol–water partition coefficient (Wildman–Crippen LogP) is 2.42. The van der Waals surface area contributed by atoms with E-state index in [-0.39, 0.29) is 5.82 Å². The number of pyridine rings is 1. The van der Waals surface area contributed by atoms with Gasteiger partial charge in [-0.25, -0.2) is 9.37 Å². The van der Waals surface area contributed by atoms with Crippen molar-refractivity contribution in [1.82, 2.24) is 10.3 Å². The number of nitrogens with one attached hydrogen (secondary N) is 1. The van der Waals surface area contributed by atoms with Crippen molar-refractivity contribution in [3.05, 3.63) is 23.6 Å². The first-order chi connectivity index (χ1) is 8.63. The van der Waals surface area contributed by atoms with Crippen LogP contribution >= 0.6 is 0 Å². The van der Waals surface area contributed by atoms with Gasteiger partial charge in [0.2, 0.25) is 0 Å². The molecule has 0 bridgehead atoms. The summed E-state index contributed by atoms with van der Waals surface area (Å²) >= 11 is 0. The third-order valence-electron chi connectivity index (χ3n) is 3.80. The maximum atomic E-state index is 14.4. The molecule has 1 aromatic rings. The molecule has 3 nitrogen and oxygen atoms in total. The Morgan fingerprint density at radius 3 is 2.67 bits per heavy atom. The third kappa shape index (κ3) is 2.64. The molecule has 2 atom stereocenters. The minimum absolute atomic E-state index is 0.167. The molecule has 0 radical (unpaired) electrons. The van der Waals surface area contributed by atoms with Gasteiger partial charge in [-0.1, -0.05) is 20.8 Å². The van der Waals surface area contributed by atoms with Crippen LogP contribution in [0.1, 0.15) is 26.3 Å². The van der Waals surface area contributed by atoms with E-state index in [0.717, 1.165) is 19.6 Å². The summed E-state index contributed by atoms with van der Waals surface area (Å²) in [4.78, 5) is 6.29. The average Bonchev–Trinajstić information content (AvgIpc) is 2.68. The maximum Gasteiger partial charge on any atom is 0.170 e. The van der Waals surface area contributed by atoms with Gasteiger partial charge in [-0.3, -0.25) is 0 Å². The zero-order valence-corrected chi connectivity index (χ0v) is 11.4. The van der Waals surface area contributed by atoms with E-state index in [4.69, 9.17) is 0 Å². The number of hydrogen-bond acceptors (Lipinski definition) is 3. The van der Waals surface area contributed by atoms with E-state index in [0.29, 0.717) is 29.8 Å². The zero-order valence-electron chi connectivity index (χ0n) is 11.4. The van der Waals surface area contributed by atoms with E-state index in [2.05, 4.69) is 29.0 Å². The second-order valence-corrected chi connectivity index (χ2v) is 5.25. The molecule has 0 aliphatic carbocycles. The smallest absolute Gasteiger partial charge is 0.170 e. The zero-order chi connectivity index (χ0) is 13.1. The second kappa shape index (κ2) is 5.65. The van der Waals surface area contributed by atoms with Gasteiger partial charge in [0.15, 0.2) is 11.6 Å². The molecular formula is C14H22FN3. The molecule has 1 N–H and O–H groups in total. The van der Waals surface area contributed by atoms with Gasteiger partial charge in [0, 0.05) is 31.4 Å². The Kier molecular flexibility index (Phi) is 4.17. The first-order valence-electron chi connectivity index (χ1n) is 6.72. The normalized spacial score (nSPS) is 23.7. The van der Waals surface area contributed by atoms with Crippen LogP contribution in [-0.4, -0.2) is 24.6 Å². The van der Waals surface area contributed by atoms with Crippen LogP contribution in [0.3, 0.4) is 0 Å². The SMILES string of the molecule is CCNCc1ccnc(N2CC(C)C(C)C2)c1F. The van der Waals surface area contributed by atoms with Crippen LogP contribution in [-0.2, 0) is 6.54 Å². The molecule has 0 spiro atoms. The molecule has 1 aliphatic heterocycles. The van der Waals surface area contributed by atoms with Crippen molar-refractivity contribution in [1.29, 1.82) is 0 Å². The number of rotatable bonds is 4. The molecule has 100 valence electrons. The lowest BCUT2D eigenvalue weighted by Gasteiger charge is -2.19. The van der Waals surface area contributed by atoms with Crippen molar-refractivity contribution >= 4 is 5.82 Å². The van der Waals surface area contributed by atoms with Crippen molar-refractivity contribution < 1.29 is 4.39 Å². The Balaban J connectivity index is 2.18. The van der Waals surface area contributed by atoms with E-state index in [1.807, 2.05) is 6.92 Å². The number of aromatic nitrogens is 1. The minimum atomic E-state index is -0.167. The van der Waals surface area contributed by atoms with Gasteiger partial charge in [0.1, 0.15) is 0 Å². The first kappa shape index (κ1) is 13.3. The highest BCUT2D eigenvalue weighted by atomic mass is 19.1. The minimum Gasteiger partial charge on any atom is -0.354 e. The average molecular weight is 251 g/mol. The van der Waals surface area contributed by atoms with Gasteiger partial charge in [0.05, 0.1) is 0 Å². The summed E-state index contributed by atoms with van der Waals surface area (Å²) in [5.74, 6) is 1.55. The lowest BCUT2D eigenvalue weighted by Crippen LogP contribution is -2.23. The molecule has 1 fully saturated rings. The molecule has 2 heterocycles. The van der Waals surface area contributed by atoms with Crippen LogP contribution in [0.2, 0.25) is 0 Å². The van der Waals surface area contributed by atoms with Crippen molar-refractivity contribution in [2.45, 2.75) is 27.3 Å². The van der Waals surface area contributed by atoms with Crippen LogP contribution in [0.15, 0.2) is 12.3 Å². The fraction of sp³-hybridized carbons (Fsp3) is 0.643. The molecule has 4 heteroatoms. The second-order valence-electron chi connectivity index (χ2n) is 5.25. The summed E-state index contributed by atoms with van der Waals surface area (Å²) < 4.78 is 14.4. The maximum absolute atomic E-state index is 14.4. The molecule has 2 rings (SSSR count). The van der Waals surface area contributed by atoms with Gasteiger partial charge in [-0.15, -0.1) is 0 Å². The molecule has 18 heavy (non-hydrogen) atoms. The highest BCUT2D eigenvalue weighted by Gasteiger charge is 2.29. The molecular weight excluding hydrogens is 229 g/mol. The van der Waals surface area contributed by atoms with Crippen LogP contribution in [0, 0.1) is 17.7 Å². The van der Waals surface area contributed by atoms with Crippen LogP contribution < -0.4 is 10.2 Å². The van der Waals surface area contributed by atoms with Gasteiger partial charge < -0.3 is 10.2 Å². The molecule has 1 saturated heterocycles. The Labute approximate surface area is 108 Å². The van der Waals surface area contributed by atoms with Gasteiger partial charge in [0.25, 0.3) is 0 Å². The Morgan fingerprint density at radius 2 is 2.06 bits per heavy atom. The quantitative estimate of drug-likeness (QED) is 0.890. The van der Waals surface area contributed by atoms with E-state index in [9.17, 15) is 4.39 Å². The van der Waals surface area contributed by atoms with E-state index < -0.39 is 0 Å². The highest BCUT2D eigenvalue weighted by molar-refractivity contribution is 5.44. The molecule has 2 unspecified atom stereocenters. The predicted molar refractivity (Wildman–Crippen MR) is 72.1 cm³/mol. The van der Waals surface area contributed by atoms with Crippen molar-refractivity contribution in [3.63, 3.8) is 0 Å². The summed E-state index contributed by atoms with van der Waals surface area (Å²) in [7, 11) is 0. The first-order valence-corrected chi connectivity index (χ1v) is 6.72. The molecule has 1 aliphatic rings. The fourth-order valence-electron chi connectivity index (χ4n) is 2.39. The highest BCUT2D eigenvalue weighted by Crippen LogP contribution is 2.28. The largest absolute Gasteiger partial charge is 0.354 e. The van der Waals surface area contributed by atoms with Crippen molar-refractivity contribution in [3.8, 4) is 0 Å². The van der Waals surface area contributed by atoms with Crippen molar-refractivity contribution in [2.75, 3.05) is 24.5 Å². The number of halogens is 1. The van der Waals surface area contributed by atoms with Gasteiger partial charge in [-0.05, 0) is 24.4 Å². The van der Waals surface area contributed by atoms with E-state index in [1.54, 1.807) is 12.3 Å². The number of anilines is 1. The standard InChI is InChI=1S/C14H22FN3/c1-4-16-7-12-5-6-17-14(13(12)15)18-8-10(2)11(3)9-18/h5-6,10-11,16H,4,7-9H2,1-3H3. The van der Waals surface area contributed by atoms with Crippen LogP contribution in [0.5, 0.6) is 0 Å². The van der Waals surface area contributed by atoms with Gasteiger partial charge in [-0.2, -0.15) is 0 Å². The molecule has 0 amide bonds. The summed E-state index contributed by atoms with van der Waals surface area (Å²) in [6.07, 6.45) is 1.71. The molecule has 0 aromatic carbocycles. The van der Waals surface area contributed by atoms with Crippen LogP contribution in [0.25, 0.3) is 0 Å². The van der Waals surface area contributed by atoms with E-state index >= 15 is 0 Å². The van der Waals surface area contributed by atoms with E-state index in [1.165, 1.54) is 0 Å². The lowest BCUT2D eigenvalue weighted by molar-refractivity contribution is 0.494. The third-order valence-corrected chi connectivity index (χ3v) is 3.80. The van der Waals surface area contributed by atoms with Gasteiger partial charge >= 0.3 is 0 Å². The number of nitrogens with zero attached hydrogens (tertiary/aromatic N) is 2.